The van der Waals surface area contributed by atoms with Crippen LogP contribution in [0.25, 0.3) is 0 Å². The molecule has 1 aromatic carbocycles. The van der Waals surface area contributed by atoms with Crippen LogP contribution in [-0.2, 0) is 13.0 Å². The maximum absolute atomic E-state index is 4.95. The molecular formula is C22H33IN6O. The third kappa shape index (κ3) is 5.46. The van der Waals surface area contributed by atoms with E-state index in [1.165, 1.54) is 11.3 Å². The molecule has 2 aliphatic rings. The third-order valence-electron chi connectivity index (χ3n) is 5.83. The molecule has 1 unspecified atom stereocenters. The van der Waals surface area contributed by atoms with Crippen LogP contribution < -0.4 is 10.2 Å². The first-order chi connectivity index (χ1) is 14.2. The average Bonchev–Trinajstić information content (AvgIpc) is 3.35. The van der Waals surface area contributed by atoms with Gasteiger partial charge in [-0.05, 0) is 31.9 Å². The summed E-state index contributed by atoms with van der Waals surface area (Å²) in [6.07, 6.45) is 2.77. The number of fused-ring (bicyclic) bond motifs is 1. The van der Waals surface area contributed by atoms with Crippen LogP contribution in [-0.4, -0.2) is 72.8 Å². The Balaban J connectivity index is 0.00000256. The zero-order valence-corrected chi connectivity index (χ0v) is 20.3. The van der Waals surface area contributed by atoms with E-state index >= 15 is 0 Å². The van der Waals surface area contributed by atoms with Gasteiger partial charge in [-0.2, -0.15) is 0 Å². The molecule has 0 radical (unpaired) electrons. The number of hydrogen-bond donors (Lipinski definition) is 1. The molecule has 7 nitrogen and oxygen atoms in total. The fourth-order valence-corrected chi connectivity index (χ4v) is 4.33. The number of hydrogen-bond acceptors (Lipinski definition) is 5. The van der Waals surface area contributed by atoms with Crippen LogP contribution in [0.5, 0.6) is 0 Å². The van der Waals surface area contributed by atoms with E-state index in [1.807, 2.05) is 6.07 Å². The predicted molar refractivity (Wildman–Crippen MR) is 132 cm³/mol. The Labute approximate surface area is 196 Å². The summed E-state index contributed by atoms with van der Waals surface area (Å²) in [5.41, 5.74) is 3.83. The Bertz CT molecular complexity index is 804. The van der Waals surface area contributed by atoms with E-state index in [-0.39, 0.29) is 24.0 Å². The van der Waals surface area contributed by atoms with Crippen molar-refractivity contribution in [2.75, 3.05) is 50.7 Å². The number of para-hydroxylation sites is 1. The minimum Gasteiger partial charge on any atom is -0.366 e. The van der Waals surface area contributed by atoms with E-state index in [0.29, 0.717) is 6.04 Å². The van der Waals surface area contributed by atoms with Crippen molar-refractivity contribution < 1.29 is 4.52 Å². The van der Waals surface area contributed by atoms with Crippen LogP contribution >= 0.6 is 24.0 Å². The van der Waals surface area contributed by atoms with Gasteiger partial charge in [0.1, 0.15) is 6.26 Å². The normalized spacial score (nSPS) is 19.5. The Morgan fingerprint density at radius 3 is 2.73 bits per heavy atom. The number of anilines is 1. The van der Waals surface area contributed by atoms with Gasteiger partial charge < -0.3 is 19.6 Å². The molecule has 0 bridgehead atoms. The van der Waals surface area contributed by atoms with Crippen LogP contribution in [0.1, 0.15) is 25.1 Å². The largest absolute Gasteiger partial charge is 0.366 e. The molecule has 1 N–H and O–H groups in total. The number of rotatable bonds is 6. The maximum atomic E-state index is 4.95. The summed E-state index contributed by atoms with van der Waals surface area (Å²) >= 11 is 0. The van der Waals surface area contributed by atoms with Gasteiger partial charge in [0.2, 0.25) is 0 Å². The molecule has 1 saturated heterocycles. The average molecular weight is 524 g/mol. The first kappa shape index (κ1) is 22.9. The third-order valence-corrected chi connectivity index (χ3v) is 5.83. The van der Waals surface area contributed by atoms with E-state index in [9.17, 15) is 0 Å². The van der Waals surface area contributed by atoms with Crippen molar-refractivity contribution in [2.45, 2.75) is 32.9 Å². The zero-order chi connectivity index (χ0) is 20.1. The highest BCUT2D eigenvalue weighted by Crippen LogP contribution is 2.31. The van der Waals surface area contributed by atoms with E-state index in [4.69, 9.17) is 9.52 Å². The van der Waals surface area contributed by atoms with Gasteiger partial charge in [-0.25, -0.2) is 0 Å². The van der Waals surface area contributed by atoms with Gasteiger partial charge in [0.15, 0.2) is 5.96 Å². The lowest BCUT2D eigenvalue weighted by atomic mass is 10.1. The maximum Gasteiger partial charge on any atom is 0.194 e. The van der Waals surface area contributed by atoms with Gasteiger partial charge in [0.25, 0.3) is 0 Å². The lowest BCUT2D eigenvalue weighted by Gasteiger charge is -2.36. The highest BCUT2D eigenvalue weighted by molar-refractivity contribution is 14.0. The summed E-state index contributed by atoms with van der Waals surface area (Å²) in [6, 6.07) is 11.2. The fourth-order valence-electron chi connectivity index (χ4n) is 4.33. The summed E-state index contributed by atoms with van der Waals surface area (Å²) in [5.74, 6) is 1.04. The predicted octanol–water partition coefficient (Wildman–Crippen LogP) is 2.83. The summed E-state index contributed by atoms with van der Waals surface area (Å²) in [7, 11) is 0. The molecular weight excluding hydrogens is 491 g/mol. The van der Waals surface area contributed by atoms with Gasteiger partial charge in [0.05, 0.1) is 12.2 Å². The number of nitrogens with one attached hydrogen (secondary N) is 1. The van der Waals surface area contributed by atoms with Gasteiger partial charge in [-0.3, -0.25) is 9.89 Å². The van der Waals surface area contributed by atoms with Crippen LogP contribution in [0.15, 0.2) is 46.1 Å². The number of benzene rings is 1. The summed E-state index contributed by atoms with van der Waals surface area (Å²) in [6.45, 7) is 11.9. The number of piperazine rings is 1. The van der Waals surface area contributed by atoms with Crippen molar-refractivity contribution in [3.63, 3.8) is 0 Å². The lowest BCUT2D eigenvalue weighted by Crippen LogP contribution is -2.52. The molecule has 0 spiro atoms. The van der Waals surface area contributed by atoms with E-state index < -0.39 is 0 Å². The first-order valence-electron chi connectivity index (χ1n) is 10.7. The molecule has 2 aromatic rings. The molecule has 30 heavy (non-hydrogen) atoms. The minimum atomic E-state index is 0. The molecule has 8 heteroatoms. The van der Waals surface area contributed by atoms with Crippen LogP contribution in [0, 0.1) is 0 Å². The van der Waals surface area contributed by atoms with Crippen LogP contribution in [0.3, 0.4) is 0 Å². The van der Waals surface area contributed by atoms with Crippen molar-refractivity contribution >= 4 is 35.6 Å². The molecule has 164 valence electrons. The standard InChI is InChI=1S/C22H32N6O.HI/c1-3-23-22(27-13-11-26(12-14-27)17-20-8-15-29-25-20)24-9-10-28-18(2)16-19-6-4-5-7-21(19)28;/h4-8,15,18H,3,9-14,16-17H2,1-2H3,(H,23,24);1H. The van der Waals surface area contributed by atoms with Gasteiger partial charge in [-0.1, -0.05) is 23.4 Å². The number of aromatic nitrogens is 1. The Morgan fingerprint density at radius 2 is 2.00 bits per heavy atom. The molecule has 1 aromatic heterocycles. The second-order valence-electron chi connectivity index (χ2n) is 7.86. The number of aliphatic imine (C=N–C) groups is 1. The monoisotopic (exact) mass is 524 g/mol. The smallest absolute Gasteiger partial charge is 0.194 e. The fraction of sp³-hybridized carbons (Fsp3) is 0.545. The van der Waals surface area contributed by atoms with Gasteiger partial charge in [0, 0.05) is 63.6 Å². The number of guanidine groups is 1. The molecule has 2 aliphatic heterocycles. The molecule has 4 rings (SSSR count). The SMILES string of the molecule is CCNC(=NCCN1c2ccccc2CC1C)N1CCN(Cc2ccon2)CC1.I. The molecule has 3 heterocycles. The number of nitrogens with zero attached hydrogens (tertiary/aromatic N) is 5. The minimum absolute atomic E-state index is 0. The molecule has 0 amide bonds. The van der Waals surface area contributed by atoms with Crippen molar-refractivity contribution in [3.8, 4) is 0 Å². The Kier molecular flexibility index (Phi) is 8.38. The molecule has 1 fully saturated rings. The second-order valence-corrected chi connectivity index (χ2v) is 7.86. The summed E-state index contributed by atoms with van der Waals surface area (Å²) in [4.78, 5) is 12.2. The van der Waals surface area contributed by atoms with Crippen molar-refractivity contribution in [2.24, 2.45) is 4.99 Å². The van der Waals surface area contributed by atoms with E-state index in [2.05, 4.69) is 63.3 Å². The highest BCUT2D eigenvalue weighted by Gasteiger charge is 2.25. The van der Waals surface area contributed by atoms with Crippen molar-refractivity contribution in [1.82, 2.24) is 20.3 Å². The molecule has 0 aliphatic carbocycles. The first-order valence-corrected chi connectivity index (χ1v) is 10.7. The quantitative estimate of drug-likeness (QED) is 0.357. The van der Waals surface area contributed by atoms with Crippen molar-refractivity contribution in [1.29, 1.82) is 0 Å². The Morgan fingerprint density at radius 1 is 1.20 bits per heavy atom. The van der Waals surface area contributed by atoms with Crippen molar-refractivity contribution in [3.05, 3.63) is 47.9 Å². The van der Waals surface area contributed by atoms with Gasteiger partial charge in [-0.15, -0.1) is 24.0 Å². The van der Waals surface area contributed by atoms with Crippen LogP contribution in [0.4, 0.5) is 5.69 Å². The zero-order valence-electron chi connectivity index (χ0n) is 18.0. The van der Waals surface area contributed by atoms with E-state index in [1.54, 1.807) is 6.26 Å². The van der Waals surface area contributed by atoms with Crippen LogP contribution in [0.2, 0.25) is 0 Å². The highest BCUT2D eigenvalue weighted by atomic mass is 127. The topological polar surface area (TPSA) is 60.1 Å². The number of halogens is 1. The molecule has 0 saturated carbocycles. The van der Waals surface area contributed by atoms with E-state index in [0.717, 1.165) is 70.4 Å². The Hall–Kier alpha value is -1.81. The molecule has 1 atom stereocenters. The van der Waals surface area contributed by atoms with Gasteiger partial charge >= 0.3 is 0 Å². The summed E-state index contributed by atoms with van der Waals surface area (Å²) in [5, 5.41) is 7.50. The second kappa shape index (κ2) is 11.0. The lowest BCUT2D eigenvalue weighted by molar-refractivity contribution is 0.169. The summed E-state index contributed by atoms with van der Waals surface area (Å²) < 4.78 is 4.94.